The lowest BCUT2D eigenvalue weighted by molar-refractivity contribution is -0.134. The van der Waals surface area contributed by atoms with Gasteiger partial charge in [0, 0.05) is 13.5 Å². The molecule has 0 radical (unpaired) electrons. The zero-order valence-corrected chi connectivity index (χ0v) is 9.84. The first-order valence-corrected chi connectivity index (χ1v) is 5.00. The molecule has 8 heteroatoms. The van der Waals surface area contributed by atoms with E-state index in [0.29, 0.717) is 0 Å². The summed E-state index contributed by atoms with van der Waals surface area (Å²) in [6, 6.07) is 0. The van der Waals surface area contributed by atoms with Crippen LogP contribution < -0.4 is 0 Å². The smallest absolute Gasteiger partial charge is 0.389 e. The SMILES string of the molecule is COCc1nc(CCC(F)(F)F)oc1C(=O)OC. The van der Waals surface area contributed by atoms with Crippen LogP contribution in [0.15, 0.2) is 4.42 Å². The van der Waals surface area contributed by atoms with Crippen LogP contribution in [0.1, 0.15) is 28.6 Å². The summed E-state index contributed by atoms with van der Waals surface area (Å²) >= 11 is 0. The number of hydrogen-bond acceptors (Lipinski definition) is 5. The van der Waals surface area contributed by atoms with Crippen molar-refractivity contribution in [2.24, 2.45) is 0 Å². The molecule has 0 atom stereocenters. The molecule has 0 N–H and O–H groups in total. The number of rotatable bonds is 5. The van der Waals surface area contributed by atoms with Crippen LogP contribution >= 0.6 is 0 Å². The maximum absolute atomic E-state index is 12.0. The predicted molar refractivity (Wildman–Crippen MR) is 52.9 cm³/mol. The minimum atomic E-state index is -4.30. The summed E-state index contributed by atoms with van der Waals surface area (Å²) in [5, 5.41) is 0. The molecular formula is C10H12F3NO4. The first-order valence-electron chi connectivity index (χ1n) is 5.00. The van der Waals surface area contributed by atoms with Gasteiger partial charge >= 0.3 is 12.1 Å². The summed E-state index contributed by atoms with van der Waals surface area (Å²) < 4.78 is 50.3. The highest BCUT2D eigenvalue weighted by Crippen LogP contribution is 2.23. The van der Waals surface area contributed by atoms with E-state index in [-0.39, 0.29) is 24.0 Å². The van der Waals surface area contributed by atoms with Gasteiger partial charge in [-0.25, -0.2) is 9.78 Å². The lowest BCUT2D eigenvalue weighted by atomic mass is 10.3. The van der Waals surface area contributed by atoms with E-state index < -0.39 is 25.0 Å². The minimum Gasteiger partial charge on any atom is -0.463 e. The fourth-order valence-corrected chi connectivity index (χ4v) is 1.24. The van der Waals surface area contributed by atoms with Gasteiger partial charge in [0.2, 0.25) is 5.76 Å². The Morgan fingerprint density at radius 3 is 2.56 bits per heavy atom. The topological polar surface area (TPSA) is 61.6 Å². The molecule has 0 saturated heterocycles. The molecule has 1 aromatic rings. The monoisotopic (exact) mass is 267 g/mol. The van der Waals surface area contributed by atoms with E-state index in [2.05, 4.69) is 9.72 Å². The normalized spacial score (nSPS) is 11.6. The summed E-state index contributed by atoms with van der Waals surface area (Å²) in [4.78, 5) is 15.1. The predicted octanol–water partition coefficient (Wildman–Crippen LogP) is 2.10. The Morgan fingerprint density at radius 2 is 2.06 bits per heavy atom. The molecule has 1 aromatic heterocycles. The molecule has 0 bridgehead atoms. The van der Waals surface area contributed by atoms with E-state index >= 15 is 0 Å². The number of esters is 1. The van der Waals surface area contributed by atoms with Gasteiger partial charge in [0.15, 0.2) is 5.89 Å². The summed E-state index contributed by atoms with van der Waals surface area (Å²) in [5.74, 6) is -1.19. The molecule has 0 spiro atoms. The first-order chi connectivity index (χ1) is 8.37. The average molecular weight is 267 g/mol. The molecule has 0 aliphatic rings. The number of halogens is 3. The summed E-state index contributed by atoms with van der Waals surface area (Å²) in [5.41, 5.74) is 0.126. The van der Waals surface area contributed by atoms with Gasteiger partial charge in [0.1, 0.15) is 5.69 Å². The largest absolute Gasteiger partial charge is 0.463 e. The number of hydrogen-bond donors (Lipinski definition) is 0. The van der Waals surface area contributed by atoms with Crippen LogP contribution in [0.25, 0.3) is 0 Å². The lowest BCUT2D eigenvalue weighted by Crippen LogP contribution is -2.08. The van der Waals surface area contributed by atoms with Crippen molar-refractivity contribution in [3.05, 3.63) is 17.3 Å². The van der Waals surface area contributed by atoms with E-state index in [1.807, 2.05) is 0 Å². The highest BCUT2D eigenvalue weighted by atomic mass is 19.4. The second kappa shape index (κ2) is 5.85. The van der Waals surface area contributed by atoms with Crippen molar-refractivity contribution >= 4 is 5.97 Å². The van der Waals surface area contributed by atoms with Gasteiger partial charge in [-0.2, -0.15) is 13.2 Å². The molecule has 0 amide bonds. The van der Waals surface area contributed by atoms with Gasteiger partial charge in [0.25, 0.3) is 0 Å². The summed E-state index contributed by atoms with van der Waals surface area (Å²) in [6.45, 7) is -0.0417. The maximum Gasteiger partial charge on any atom is 0.389 e. The van der Waals surface area contributed by atoms with Gasteiger partial charge in [-0.1, -0.05) is 0 Å². The number of aryl methyl sites for hydroxylation is 1. The number of carbonyl (C=O) groups excluding carboxylic acids is 1. The van der Waals surface area contributed by atoms with Gasteiger partial charge in [-0.3, -0.25) is 0 Å². The van der Waals surface area contributed by atoms with Gasteiger partial charge < -0.3 is 13.9 Å². The van der Waals surface area contributed by atoms with Crippen molar-refractivity contribution in [1.29, 1.82) is 0 Å². The third-order valence-electron chi connectivity index (χ3n) is 2.02. The van der Waals surface area contributed by atoms with E-state index in [9.17, 15) is 18.0 Å². The summed E-state index contributed by atoms with van der Waals surface area (Å²) in [6.07, 6.45) is -5.81. The Balaban J connectivity index is 2.85. The third-order valence-corrected chi connectivity index (χ3v) is 2.02. The van der Waals surface area contributed by atoms with Crippen molar-refractivity contribution in [2.75, 3.05) is 14.2 Å². The third kappa shape index (κ3) is 4.02. The molecular weight excluding hydrogens is 255 g/mol. The first kappa shape index (κ1) is 14.5. The number of aromatic nitrogens is 1. The van der Waals surface area contributed by atoms with E-state index in [1.165, 1.54) is 7.11 Å². The highest BCUT2D eigenvalue weighted by molar-refractivity contribution is 5.87. The molecule has 5 nitrogen and oxygen atoms in total. The lowest BCUT2D eigenvalue weighted by Gasteiger charge is -2.02. The molecule has 1 heterocycles. The van der Waals surface area contributed by atoms with Crippen molar-refractivity contribution in [3.8, 4) is 0 Å². The average Bonchev–Trinajstić information content (AvgIpc) is 2.68. The van der Waals surface area contributed by atoms with E-state index in [0.717, 1.165) is 7.11 Å². The van der Waals surface area contributed by atoms with Crippen molar-refractivity contribution in [2.45, 2.75) is 25.6 Å². The maximum atomic E-state index is 12.0. The number of methoxy groups -OCH3 is 2. The highest BCUT2D eigenvalue weighted by Gasteiger charge is 2.29. The zero-order valence-electron chi connectivity index (χ0n) is 9.84. The van der Waals surface area contributed by atoms with Gasteiger partial charge in [-0.15, -0.1) is 0 Å². The second-order valence-corrected chi connectivity index (χ2v) is 3.42. The van der Waals surface area contributed by atoms with Crippen LogP contribution in [0.5, 0.6) is 0 Å². The van der Waals surface area contributed by atoms with Crippen LogP contribution in [0.4, 0.5) is 13.2 Å². The van der Waals surface area contributed by atoms with Crippen molar-refractivity contribution in [3.63, 3.8) is 0 Å². The van der Waals surface area contributed by atoms with Crippen molar-refractivity contribution in [1.82, 2.24) is 4.98 Å². The number of ether oxygens (including phenoxy) is 2. The molecule has 0 saturated carbocycles. The Kier molecular flexibility index (Phi) is 4.71. The molecule has 0 unspecified atom stereocenters. The Morgan fingerprint density at radius 1 is 1.39 bits per heavy atom. The fourth-order valence-electron chi connectivity index (χ4n) is 1.24. The van der Waals surface area contributed by atoms with Crippen LogP contribution in [0.3, 0.4) is 0 Å². The Hall–Kier alpha value is -1.57. The summed E-state index contributed by atoms with van der Waals surface area (Å²) in [7, 11) is 2.50. The van der Waals surface area contributed by atoms with E-state index in [1.54, 1.807) is 0 Å². The quantitative estimate of drug-likeness (QED) is 0.764. The molecule has 1 rings (SSSR count). The molecule has 18 heavy (non-hydrogen) atoms. The van der Waals surface area contributed by atoms with Gasteiger partial charge in [-0.05, 0) is 0 Å². The fraction of sp³-hybridized carbons (Fsp3) is 0.600. The molecule has 0 aliphatic heterocycles. The minimum absolute atomic E-state index is 0.0417. The molecule has 102 valence electrons. The van der Waals surface area contributed by atoms with Crippen LogP contribution in [0, 0.1) is 0 Å². The second-order valence-electron chi connectivity index (χ2n) is 3.42. The number of nitrogens with zero attached hydrogens (tertiary/aromatic N) is 1. The standard InChI is InChI=1S/C10H12F3NO4/c1-16-5-6-8(9(15)17-2)18-7(14-6)3-4-10(11,12)13/h3-5H2,1-2H3. The number of oxazole rings is 1. The number of alkyl halides is 3. The van der Waals surface area contributed by atoms with E-state index in [4.69, 9.17) is 9.15 Å². The Labute approximate surface area is 101 Å². The molecule has 0 aromatic carbocycles. The van der Waals surface area contributed by atoms with Gasteiger partial charge in [0.05, 0.1) is 20.1 Å². The molecule has 0 aliphatic carbocycles. The molecule has 0 fully saturated rings. The van der Waals surface area contributed by atoms with Crippen molar-refractivity contribution < 1.29 is 31.9 Å². The number of carbonyl (C=O) groups is 1. The van der Waals surface area contributed by atoms with Crippen LogP contribution in [-0.4, -0.2) is 31.3 Å². The Bertz CT molecular complexity index is 414. The zero-order chi connectivity index (χ0) is 13.8. The van der Waals surface area contributed by atoms with Crippen LogP contribution in [0.2, 0.25) is 0 Å². The van der Waals surface area contributed by atoms with Crippen LogP contribution in [-0.2, 0) is 22.5 Å².